The number of aryl methyl sites for hydroxylation is 2. The first-order valence-electron chi connectivity index (χ1n) is 6.80. The van der Waals surface area contributed by atoms with Gasteiger partial charge in [-0.15, -0.1) is 0 Å². The highest BCUT2D eigenvalue weighted by molar-refractivity contribution is 5.92. The first-order chi connectivity index (χ1) is 10.0. The fourth-order valence-corrected chi connectivity index (χ4v) is 2.46. The smallest absolute Gasteiger partial charge is 0.335 e. The topological polar surface area (TPSA) is 55.1 Å². The van der Waals surface area contributed by atoms with Gasteiger partial charge in [0.05, 0.1) is 16.6 Å². The number of nitrogens with zero attached hydrogens (tertiary/aromatic N) is 2. The second-order valence-corrected chi connectivity index (χ2v) is 5.24. The normalized spacial score (nSPS) is 11.0. The van der Waals surface area contributed by atoms with Gasteiger partial charge in [-0.25, -0.2) is 9.78 Å². The van der Waals surface area contributed by atoms with Crippen molar-refractivity contribution in [3.63, 3.8) is 0 Å². The van der Waals surface area contributed by atoms with Gasteiger partial charge in [-0.2, -0.15) is 0 Å². The van der Waals surface area contributed by atoms with Gasteiger partial charge < -0.3 is 9.67 Å². The van der Waals surface area contributed by atoms with Crippen molar-refractivity contribution in [2.24, 2.45) is 0 Å². The van der Waals surface area contributed by atoms with Gasteiger partial charge in [-0.05, 0) is 37.6 Å². The number of fused-ring (bicyclic) bond motifs is 1. The highest BCUT2D eigenvalue weighted by Gasteiger charge is 2.11. The Kier molecular flexibility index (Phi) is 3.22. The largest absolute Gasteiger partial charge is 0.478 e. The molecule has 2 aromatic carbocycles. The highest BCUT2D eigenvalue weighted by Crippen LogP contribution is 2.19. The minimum absolute atomic E-state index is 0.266. The zero-order chi connectivity index (χ0) is 15.0. The van der Waals surface area contributed by atoms with Crippen LogP contribution in [-0.2, 0) is 6.54 Å². The van der Waals surface area contributed by atoms with E-state index in [4.69, 9.17) is 5.11 Å². The van der Waals surface area contributed by atoms with Crippen molar-refractivity contribution >= 4 is 17.0 Å². The van der Waals surface area contributed by atoms with Gasteiger partial charge in [0.25, 0.3) is 0 Å². The number of aromatic carboxylic acids is 1. The number of carboxylic acid groups (broad SMARTS) is 1. The minimum atomic E-state index is -0.928. The van der Waals surface area contributed by atoms with Crippen LogP contribution in [0.2, 0.25) is 0 Å². The van der Waals surface area contributed by atoms with Crippen LogP contribution in [0.1, 0.15) is 27.3 Å². The molecule has 0 aliphatic rings. The van der Waals surface area contributed by atoms with Gasteiger partial charge >= 0.3 is 5.97 Å². The molecule has 4 nitrogen and oxygen atoms in total. The Morgan fingerprint density at radius 1 is 1.14 bits per heavy atom. The molecule has 0 bridgehead atoms. The quantitative estimate of drug-likeness (QED) is 0.800. The van der Waals surface area contributed by atoms with Crippen LogP contribution in [0, 0.1) is 13.8 Å². The molecule has 1 heterocycles. The first kappa shape index (κ1) is 13.4. The second kappa shape index (κ2) is 5.05. The molecule has 0 fully saturated rings. The number of carbonyl (C=O) groups is 1. The fraction of sp³-hybridized carbons (Fsp3) is 0.176. The number of hydrogen-bond acceptors (Lipinski definition) is 2. The Balaban J connectivity index is 2.04. The van der Waals surface area contributed by atoms with Gasteiger partial charge in [-0.1, -0.05) is 29.8 Å². The van der Waals surface area contributed by atoms with E-state index in [1.54, 1.807) is 12.1 Å². The van der Waals surface area contributed by atoms with Gasteiger partial charge in [0.1, 0.15) is 5.82 Å². The molecule has 0 spiro atoms. The molecule has 1 aromatic heterocycles. The molecule has 0 aliphatic heterocycles. The summed E-state index contributed by atoms with van der Waals surface area (Å²) in [6.07, 6.45) is 0. The van der Waals surface area contributed by atoms with Crippen molar-refractivity contribution in [2.75, 3.05) is 0 Å². The molecule has 3 aromatic rings. The van der Waals surface area contributed by atoms with Crippen molar-refractivity contribution in [1.82, 2.24) is 9.55 Å². The molecule has 1 N–H and O–H groups in total. The lowest BCUT2D eigenvalue weighted by Gasteiger charge is -2.07. The van der Waals surface area contributed by atoms with Crippen LogP contribution in [0.4, 0.5) is 0 Å². The van der Waals surface area contributed by atoms with E-state index in [9.17, 15) is 4.79 Å². The summed E-state index contributed by atoms with van der Waals surface area (Å²) in [5.41, 5.74) is 4.38. The molecule has 0 atom stereocenters. The molecule has 0 saturated heterocycles. The number of hydrogen-bond donors (Lipinski definition) is 1. The Labute approximate surface area is 122 Å². The van der Waals surface area contributed by atoms with Crippen LogP contribution in [0.5, 0.6) is 0 Å². The van der Waals surface area contributed by atoms with Crippen LogP contribution in [0.25, 0.3) is 11.0 Å². The van der Waals surface area contributed by atoms with Gasteiger partial charge in [0.15, 0.2) is 0 Å². The van der Waals surface area contributed by atoms with Crippen molar-refractivity contribution < 1.29 is 9.90 Å². The molecule has 0 amide bonds. The van der Waals surface area contributed by atoms with E-state index < -0.39 is 5.97 Å². The standard InChI is InChI=1S/C17H16N2O2/c1-11-3-5-13(6-4-11)10-19-12(2)18-15-9-14(17(20)21)7-8-16(15)19/h3-9H,10H2,1-2H3,(H,20,21). The van der Waals surface area contributed by atoms with Gasteiger partial charge in [-0.3, -0.25) is 0 Å². The Morgan fingerprint density at radius 3 is 2.52 bits per heavy atom. The summed E-state index contributed by atoms with van der Waals surface area (Å²) in [5.74, 6) is -0.0456. The Hall–Kier alpha value is -2.62. The number of rotatable bonds is 3. The summed E-state index contributed by atoms with van der Waals surface area (Å²) in [5, 5.41) is 9.05. The maximum Gasteiger partial charge on any atom is 0.335 e. The highest BCUT2D eigenvalue weighted by atomic mass is 16.4. The van der Waals surface area contributed by atoms with E-state index in [1.165, 1.54) is 11.1 Å². The van der Waals surface area contributed by atoms with Crippen molar-refractivity contribution in [2.45, 2.75) is 20.4 Å². The zero-order valence-corrected chi connectivity index (χ0v) is 12.0. The van der Waals surface area contributed by atoms with Crippen LogP contribution < -0.4 is 0 Å². The Morgan fingerprint density at radius 2 is 1.86 bits per heavy atom. The SMILES string of the molecule is Cc1ccc(Cn2c(C)nc3cc(C(=O)O)ccc32)cc1. The molecule has 0 radical (unpaired) electrons. The fourth-order valence-electron chi connectivity index (χ4n) is 2.46. The van der Waals surface area contributed by atoms with E-state index >= 15 is 0 Å². The summed E-state index contributed by atoms with van der Waals surface area (Å²) in [6, 6.07) is 13.5. The van der Waals surface area contributed by atoms with E-state index in [0.717, 1.165) is 23.4 Å². The first-order valence-corrected chi connectivity index (χ1v) is 6.80. The van der Waals surface area contributed by atoms with E-state index in [-0.39, 0.29) is 5.56 Å². The minimum Gasteiger partial charge on any atom is -0.478 e. The molecule has 21 heavy (non-hydrogen) atoms. The van der Waals surface area contributed by atoms with Crippen LogP contribution in [-0.4, -0.2) is 20.6 Å². The maximum absolute atomic E-state index is 11.0. The summed E-state index contributed by atoms with van der Waals surface area (Å²) < 4.78 is 2.10. The van der Waals surface area contributed by atoms with E-state index in [2.05, 4.69) is 40.7 Å². The third-order valence-electron chi connectivity index (χ3n) is 3.65. The molecule has 4 heteroatoms. The van der Waals surface area contributed by atoms with Crippen molar-refractivity contribution in [1.29, 1.82) is 0 Å². The maximum atomic E-state index is 11.0. The monoisotopic (exact) mass is 280 g/mol. The predicted molar refractivity (Wildman–Crippen MR) is 81.7 cm³/mol. The van der Waals surface area contributed by atoms with Crippen molar-refractivity contribution in [3.05, 3.63) is 65.0 Å². The Bertz CT molecular complexity index is 817. The number of imidazole rings is 1. The molecular formula is C17H16N2O2. The lowest BCUT2D eigenvalue weighted by molar-refractivity contribution is 0.0697. The third kappa shape index (κ3) is 2.52. The number of benzene rings is 2. The summed E-state index contributed by atoms with van der Waals surface area (Å²) >= 11 is 0. The average molecular weight is 280 g/mol. The number of aromatic nitrogens is 2. The van der Waals surface area contributed by atoms with E-state index in [0.29, 0.717) is 0 Å². The molecule has 0 aliphatic carbocycles. The summed E-state index contributed by atoms with van der Waals surface area (Å²) in [4.78, 5) is 15.5. The average Bonchev–Trinajstić information content (AvgIpc) is 2.76. The molecule has 3 rings (SSSR count). The van der Waals surface area contributed by atoms with E-state index in [1.807, 2.05) is 13.0 Å². The summed E-state index contributed by atoms with van der Waals surface area (Å²) in [6.45, 7) is 4.73. The van der Waals surface area contributed by atoms with Gasteiger partial charge in [0, 0.05) is 6.54 Å². The van der Waals surface area contributed by atoms with Gasteiger partial charge in [0.2, 0.25) is 0 Å². The lowest BCUT2D eigenvalue weighted by Crippen LogP contribution is -2.02. The van der Waals surface area contributed by atoms with Crippen LogP contribution in [0.3, 0.4) is 0 Å². The predicted octanol–water partition coefficient (Wildman–Crippen LogP) is 3.40. The second-order valence-electron chi connectivity index (χ2n) is 5.24. The molecule has 106 valence electrons. The molecule has 0 saturated carbocycles. The third-order valence-corrected chi connectivity index (χ3v) is 3.65. The van der Waals surface area contributed by atoms with Crippen molar-refractivity contribution in [3.8, 4) is 0 Å². The lowest BCUT2D eigenvalue weighted by atomic mass is 10.1. The summed E-state index contributed by atoms with van der Waals surface area (Å²) in [7, 11) is 0. The zero-order valence-electron chi connectivity index (χ0n) is 12.0. The van der Waals surface area contributed by atoms with Crippen LogP contribution >= 0.6 is 0 Å². The van der Waals surface area contributed by atoms with Crippen LogP contribution in [0.15, 0.2) is 42.5 Å². The molecular weight excluding hydrogens is 264 g/mol. The molecule has 0 unspecified atom stereocenters. The number of carboxylic acids is 1.